The van der Waals surface area contributed by atoms with Gasteiger partial charge in [-0.25, -0.2) is 0 Å². The van der Waals surface area contributed by atoms with Crippen molar-refractivity contribution in [1.82, 2.24) is 15.5 Å². The molecule has 0 aliphatic carbocycles. The number of hydrogen-bond donors (Lipinski definition) is 2. The van der Waals surface area contributed by atoms with Crippen LogP contribution in [0.15, 0.2) is 22.8 Å². The van der Waals surface area contributed by atoms with Gasteiger partial charge in [0, 0.05) is 32.6 Å². The quantitative estimate of drug-likeness (QED) is 0.798. The molecule has 2 N–H and O–H groups in total. The fourth-order valence-electron chi connectivity index (χ4n) is 2.13. The van der Waals surface area contributed by atoms with Gasteiger partial charge in [-0.3, -0.25) is 9.59 Å². The lowest BCUT2D eigenvalue weighted by atomic mass is 10.2. The van der Waals surface area contributed by atoms with Gasteiger partial charge in [0.05, 0.1) is 6.26 Å². The van der Waals surface area contributed by atoms with Crippen LogP contribution in [0.3, 0.4) is 0 Å². The number of rotatable bonds is 5. The Hall–Kier alpha value is -1.82. The molecule has 1 fully saturated rings. The van der Waals surface area contributed by atoms with Crippen LogP contribution in [0.2, 0.25) is 0 Å². The van der Waals surface area contributed by atoms with Gasteiger partial charge in [0.25, 0.3) is 5.91 Å². The summed E-state index contributed by atoms with van der Waals surface area (Å²) >= 11 is 0. The first kappa shape index (κ1) is 13.6. The summed E-state index contributed by atoms with van der Waals surface area (Å²) in [6, 6.07) is 3.52. The van der Waals surface area contributed by atoms with Crippen molar-refractivity contribution >= 4 is 11.8 Å². The Morgan fingerprint density at radius 1 is 1.58 bits per heavy atom. The molecule has 2 amide bonds. The second-order valence-electron chi connectivity index (χ2n) is 4.63. The van der Waals surface area contributed by atoms with E-state index >= 15 is 0 Å². The second kappa shape index (κ2) is 6.38. The summed E-state index contributed by atoms with van der Waals surface area (Å²) < 4.78 is 4.97. The van der Waals surface area contributed by atoms with E-state index in [9.17, 15) is 9.59 Å². The van der Waals surface area contributed by atoms with E-state index in [1.807, 2.05) is 7.05 Å². The van der Waals surface area contributed by atoms with Crippen molar-refractivity contribution in [2.45, 2.75) is 18.9 Å². The fourth-order valence-corrected chi connectivity index (χ4v) is 2.13. The third-order valence-electron chi connectivity index (χ3n) is 3.34. The smallest absolute Gasteiger partial charge is 0.286 e. The number of nitrogens with zero attached hydrogens (tertiary/aromatic N) is 1. The molecule has 1 saturated heterocycles. The molecule has 104 valence electrons. The third-order valence-corrected chi connectivity index (χ3v) is 3.34. The van der Waals surface area contributed by atoms with Crippen LogP contribution in [0.4, 0.5) is 0 Å². The number of hydrogen-bond acceptors (Lipinski definition) is 4. The number of likely N-dealkylation sites (N-methyl/N-ethyl adjacent to an activating group) is 1. The topological polar surface area (TPSA) is 74.6 Å². The van der Waals surface area contributed by atoms with Gasteiger partial charge in [0.15, 0.2) is 5.76 Å². The molecule has 6 heteroatoms. The first-order valence-corrected chi connectivity index (χ1v) is 6.46. The summed E-state index contributed by atoms with van der Waals surface area (Å²) in [7, 11) is 1.81. The molecule has 0 spiro atoms. The Balaban J connectivity index is 1.70. The zero-order valence-corrected chi connectivity index (χ0v) is 11.0. The van der Waals surface area contributed by atoms with Gasteiger partial charge in [0.1, 0.15) is 0 Å². The highest BCUT2D eigenvalue weighted by Gasteiger charge is 2.22. The molecule has 1 atom stereocenters. The van der Waals surface area contributed by atoms with Gasteiger partial charge in [0.2, 0.25) is 5.91 Å². The summed E-state index contributed by atoms with van der Waals surface area (Å²) in [4.78, 5) is 25.3. The van der Waals surface area contributed by atoms with Crippen LogP contribution >= 0.6 is 0 Å². The number of nitrogens with one attached hydrogen (secondary N) is 2. The minimum Gasteiger partial charge on any atom is -0.459 e. The van der Waals surface area contributed by atoms with Gasteiger partial charge < -0.3 is 20.0 Å². The summed E-state index contributed by atoms with van der Waals surface area (Å²) in [5.41, 5.74) is 0. The minimum atomic E-state index is -0.289. The fraction of sp³-hybridized carbons (Fsp3) is 0.538. The lowest BCUT2D eigenvalue weighted by Gasteiger charge is -2.23. The normalized spacial score (nSPS) is 18.3. The van der Waals surface area contributed by atoms with Crippen LogP contribution in [-0.4, -0.2) is 49.4 Å². The highest BCUT2D eigenvalue weighted by molar-refractivity contribution is 5.91. The second-order valence-corrected chi connectivity index (χ2v) is 4.63. The standard InChI is InChI=1S/C13H19N3O3/c1-16(10-4-6-14-9-10)12(17)5-7-15-13(18)11-3-2-8-19-11/h2-3,8,10,14H,4-7,9H2,1H3,(H,15,18). The first-order chi connectivity index (χ1) is 9.18. The van der Waals surface area contributed by atoms with Crippen LogP contribution < -0.4 is 10.6 Å². The van der Waals surface area contributed by atoms with Gasteiger partial charge in [-0.05, 0) is 25.1 Å². The molecule has 1 aromatic heterocycles. The molecule has 1 aliphatic rings. The van der Waals surface area contributed by atoms with E-state index in [4.69, 9.17) is 4.42 Å². The molecule has 1 aromatic rings. The molecule has 0 radical (unpaired) electrons. The largest absolute Gasteiger partial charge is 0.459 e. The van der Waals surface area contributed by atoms with Crippen molar-refractivity contribution in [1.29, 1.82) is 0 Å². The van der Waals surface area contributed by atoms with Crippen molar-refractivity contribution in [2.24, 2.45) is 0 Å². The van der Waals surface area contributed by atoms with Crippen molar-refractivity contribution in [3.05, 3.63) is 24.2 Å². The Morgan fingerprint density at radius 2 is 2.42 bits per heavy atom. The number of furan rings is 1. The highest BCUT2D eigenvalue weighted by atomic mass is 16.3. The van der Waals surface area contributed by atoms with Crippen LogP contribution in [0.1, 0.15) is 23.4 Å². The summed E-state index contributed by atoms with van der Waals surface area (Å²) in [5.74, 6) is 0.0252. The average molecular weight is 265 g/mol. The van der Waals surface area contributed by atoms with Crippen LogP contribution in [0.25, 0.3) is 0 Å². The number of carbonyl (C=O) groups is 2. The zero-order chi connectivity index (χ0) is 13.7. The van der Waals surface area contributed by atoms with E-state index in [1.165, 1.54) is 6.26 Å². The first-order valence-electron chi connectivity index (χ1n) is 6.46. The van der Waals surface area contributed by atoms with Crippen molar-refractivity contribution in [3.63, 3.8) is 0 Å². The molecule has 1 unspecified atom stereocenters. The van der Waals surface area contributed by atoms with Crippen molar-refractivity contribution < 1.29 is 14.0 Å². The van der Waals surface area contributed by atoms with Gasteiger partial charge >= 0.3 is 0 Å². The average Bonchev–Trinajstić information content (AvgIpc) is 3.10. The van der Waals surface area contributed by atoms with Crippen LogP contribution in [0.5, 0.6) is 0 Å². The molecule has 1 aliphatic heterocycles. The maximum absolute atomic E-state index is 11.9. The van der Waals surface area contributed by atoms with Crippen molar-refractivity contribution in [2.75, 3.05) is 26.7 Å². The third kappa shape index (κ3) is 3.57. The van der Waals surface area contributed by atoms with E-state index < -0.39 is 0 Å². The molecule has 6 nitrogen and oxygen atoms in total. The monoisotopic (exact) mass is 265 g/mol. The van der Waals surface area contributed by atoms with Crippen LogP contribution in [-0.2, 0) is 4.79 Å². The highest BCUT2D eigenvalue weighted by Crippen LogP contribution is 2.07. The van der Waals surface area contributed by atoms with Crippen LogP contribution in [0, 0.1) is 0 Å². The van der Waals surface area contributed by atoms with E-state index in [0.717, 1.165) is 19.5 Å². The molecule has 2 rings (SSSR count). The Bertz CT molecular complexity index is 424. The summed E-state index contributed by atoms with van der Waals surface area (Å²) in [6.07, 6.45) is 2.74. The van der Waals surface area contributed by atoms with Gasteiger partial charge in [-0.2, -0.15) is 0 Å². The maximum atomic E-state index is 11.9. The van der Waals surface area contributed by atoms with Gasteiger partial charge in [-0.1, -0.05) is 0 Å². The summed E-state index contributed by atoms with van der Waals surface area (Å²) in [5, 5.41) is 5.89. The summed E-state index contributed by atoms with van der Waals surface area (Å²) in [6.45, 7) is 2.13. The Morgan fingerprint density at radius 3 is 3.05 bits per heavy atom. The maximum Gasteiger partial charge on any atom is 0.286 e. The van der Waals surface area contributed by atoms with E-state index in [1.54, 1.807) is 17.0 Å². The Labute approximate surface area is 112 Å². The SMILES string of the molecule is CN(C(=O)CCNC(=O)c1ccco1)C1CCNC1. The molecular formula is C13H19N3O3. The predicted molar refractivity (Wildman–Crippen MR) is 69.7 cm³/mol. The lowest BCUT2D eigenvalue weighted by molar-refractivity contribution is -0.131. The molecule has 2 heterocycles. The van der Waals surface area contributed by atoms with E-state index in [2.05, 4.69) is 10.6 Å². The zero-order valence-electron chi connectivity index (χ0n) is 11.0. The Kier molecular flexibility index (Phi) is 4.57. The molecular weight excluding hydrogens is 246 g/mol. The van der Waals surface area contributed by atoms with E-state index in [0.29, 0.717) is 13.0 Å². The van der Waals surface area contributed by atoms with Gasteiger partial charge in [-0.15, -0.1) is 0 Å². The molecule has 0 aromatic carbocycles. The molecule has 0 saturated carbocycles. The number of amides is 2. The minimum absolute atomic E-state index is 0.0495. The van der Waals surface area contributed by atoms with E-state index in [-0.39, 0.29) is 23.6 Å². The molecule has 19 heavy (non-hydrogen) atoms. The number of carbonyl (C=O) groups excluding carboxylic acids is 2. The lowest BCUT2D eigenvalue weighted by Crippen LogP contribution is -2.40. The van der Waals surface area contributed by atoms with Crippen molar-refractivity contribution in [3.8, 4) is 0 Å². The molecule has 0 bridgehead atoms. The predicted octanol–water partition coefficient (Wildman–Crippen LogP) is 0.220.